The zero-order valence-corrected chi connectivity index (χ0v) is 32.9. The molecule has 4 N–H and O–H groups in total. The number of benzene rings is 3. The van der Waals surface area contributed by atoms with Crippen LogP contribution in [0.3, 0.4) is 0 Å². The Morgan fingerprint density at radius 1 is 0.914 bits per heavy atom. The molecule has 0 bridgehead atoms. The molecule has 0 radical (unpaired) electrons. The second-order valence-corrected chi connectivity index (χ2v) is 13.4. The summed E-state index contributed by atoms with van der Waals surface area (Å²) in [7, 11) is 1.56. The van der Waals surface area contributed by atoms with Crippen molar-refractivity contribution in [2.24, 2.45) is 0 Å². The molecule has 0 spiro atoms. The monoisotopic (exact) mass is 826 g/mol. The van der Waals surface area contributed by atoms with E-state index in [1.54, 1.807) is 61.8 Å². The highest BCUT2D eigenvalue weighted by molar-refractivity contribution is 6.30. The average Bonchev–Trinajstić information content (AvgIpc) is 3.84. The van der Waals surface area contributed by atoms with Crippen molar-refractivity contribution in [2.75, 3.05) is 40.1 Å². The van der Waals surface area contributed by atoms with E-state index in [2.05, 4.69) is 16.6 Å². The molecule has 58 heavy (non-hydrogen) atoms. The summed E-state index contributed by atoms with van der Waals surface area (Å²) in [4.78, 5) is 36.0. The lowest BCUT2D eigenvalue weighted by molar-refractivity contribution is -0.493. The largest absolute Gasteiger partial charge is 0.496 e. The van der Waals surface area contributed by atoms with Crippen molar-refractivity contribution in [2.45, 2.75) is 58.6 Å². The van der Waals surface area contributed by atoms with E-state index in [0.717, 1.165) is 30.6 Å². The maximum atomic E-state index is 13.8. The Hall–Kier alpha value is -5.08. The van der Waals surface area contributed by atoms with Gasteiger partial charge in [-0.1, -0.05) is 43.1 Å². The second kappa shape index (κ2) is 22.2. The summed E-state index contributed by atoms with van der Waals surface area (Å²) in [6.07, 6.45) is 6.34. The number of rotatable bonds is 23. The number of carbonyl (C=O) groups excluding carboxylic acids is 2. The Morgan fingerprint density at radius 2 is 1.66 bits per heavy atom. The van der Waals surface area contributed by atoms with Crippen molar-refractivity contribution in [3.8, 4) is 28.5 Å². The predicted octanol–water partition coefficient (Wildman–Crippen LogP) is 6.66. The summed E-state index contributed by atoms with van der Waals surface area (Å²) in [6.45, 7) is 2.84. The molecule has 1 aliphatic rings. The maximum Gasteiger partial charge on any atom is 0.338 e. The van der Waals surface area contributed by atoms with Crippen molar-refractivity contribution < 1.29 is 63.8 Å². The molecule has 0 fully saturated rings. The van der Waals surface area contributed by atoms with Crippen LogP contribution in [0, 0.1) is 0 Å². The highest BCUT2D eigenvalue weighted by Crippen LogP contribution is 2.38. The summed E-state index contributed by atoms with van der Waals surface area (Å²) in [5.41, 5.74) is 4.67. The molecule has 0 amide bonds. The lowest BCUT2D eigenvalue weighted by Crippen LogP contribution is -2.17. The fourth-order valence-corrected chi connectivity index (χ4v) is 6.31. The van der Waals surface area contributed by atoms with Crippen LogP contribution in [0.15, 0.2) is 66.4 Å². The molecule has 17 nitrogen and oxygen atoms in total. The van der Waals surface area contributed by atoms with E-state index in [1.165, 1.54) is 0 Å². The van der Waals surface area contributed by atoms with Gasteiger partial charge in [0.15, 0.2) is 0 Å². The Labute approximate surface area is 339 Å². The van der Waals surface area contributed by atoms with Gasteiger partial charge >= 0.3 is 11.9 Å². The van der Waals surface area contributed by atoms with E-state index in [9.17, 15) is 9.59 Å². The van der Waals surface area contributed by atoms with Gasteiger partial charge in [0.1, 0.15) is 23.9 Å². The Kier molecular flexibility index (Phi) is 16.8. The second-order valence-electron chi connectivity index (χ2n) is 13.0. The highest BCUT2D eigenvalue weighted by atomic mass is 35.5. The number of aryl methyl sites for hydroxylation is 1. The fourth-order valence-electron chi connectivity index (χ4n) is 6.15. The van der Waals surface area contributed by atoms with Gasteiger partial charge in [0, 0.05) is 70.6 Å². The molecule has 0 saturated carbocycles. The number of esters is 2. The number of ether oxygens (including phenoxy) is 5. The maximum absolute atomic E-state index is 13.8. The number of halogens is 1. The minimum atomic E-state index is -0.618. The van der Waals surface area contributed by atoms with Gasteiger partial charge in [0.05, 0.1) is 68.4 Å². The van der Waals surface area contributed by atoms with E-state index in [4.69, 9.17) is 61.2 Å². The van der Waals surface area contributed by atoms with E-state index in [-0.39, 0.29) is 63.4 Å². The number of carbonyl (C=O) groups is 2. The third-order valence-electron chi connectivity index (χ3n) is 8.93. The topological polar surface area (TPSA) is 204 Å². The highest BCUT2D eigenvalue weighted by Gasteiger charge is 2.23. The van der Waals surface area contributed by atoms with Gasteiger partial charge in [-0.05, 0) is 48.9 Å². The van der Waals surface area contributed by atoms with Crippen molar-refractivity contribution in [3.63, 3.8) is 0 Å². The first-order chi connectivity index (χ1) is 28.1. The minimum Gasteiger partial charge on any atom is -0.496 e. The van der Waals surface area contributed by atoms with Crippen molar-refractivity contribution in [1.82, 2.24) is 20.6 Å². The number of hydrogen-bond donors (Lipinski definition) is 4. The predicted molar refractivity (Wildman–Crippen MR) is 205 cm³/mol. The van der Waals surface area contributed by atoms with Gasteiger partial charge in [-0.3, -0.25) is 35.2 Å². The third-order valence-corrected chi connectivity index (χ3v) is 9.17. The molecule has 18 heteroatoms. The Balaban J connectivity index is 1.48. The van der Waals surface area contributed by atoms with E-state index in [0.29, 0.717) is 57.6 Å². The van der Waals surface area contributed by atoms with Gasteiger partial charge < -0.3 is 23.7 Å². The average molecular weight is 827 g/mol. The third kappa shape index (κ3) is 12.5. The number of unbranched alkanes of at least 4 members (excludes halogenated alkanes) is 1. The first kappa shape index (κ1) is 44.0. The molecule has 5 rings (SSSR count). The summed E-state index contributed by atoms with van der Waals surface area (Å²) in [6, 6.07) is 15.8. The summed E-state index contributed by atoms with van der Waals surface area (Å²) in [5, 5.41) is 39.4. The molecule has 0 aliphatic carbocycles. The fraction of sp³-hybridized carbons (Fsp3) is 0.375. The SMILES string of the molecule is CCCCn1ncc(/C=C(\Cc2cc3c(cc2OC)CCO3)C(=O)OCCCON(O)O)c1-c1ccc(Cl)cc1OCc1ccccc1C(=O)OCCCON(O)O. The zero-order chi connectivity index (χ0) is 41.4. The van der Waals surface area contributed by atoms with Crippen molar-refractivity contribution in [3.05, 3.63) is 99.2 Å². The van der Waals surface area contributed by atoms with Crippen LogP contribution in [0.2, 0.25) is 5.02 Å². The summed E-state index contributed by atoms with van der Waals surface area (Å²) in [5.74, 6) is 0.487. The molecule has 0 atom stereocenters. The van der Waals surface area contributed by atoms with Gasteiger partial charge in [-0.15, -0.1) is 0 Å². The van der Waals surface area contributed by atoms with E-state index < -0.39 is 22.7 Å². The van der Waals surface area contributed by atoms with E-state index in [1.807, 2.05) is 16.8 Å². The van der Waals surface area contributed by atoms with Crippen LogP contribution >= 0.6 is 11.6 Å². The quantitative estimate of drug-likeness (QED) is 0.0267. The Morgan fingerprint density at radius 3 is 2.38 bits per heavy atom. The first-order valence-electron chi connectivity index (χ1n) is 18.6. The smallest absolute Gasteiger partial charge is 0.338 e. The summed E-state index contributed by atoms with van der Waals surface area (Å²) < 4.78 is 30.8. The number of aromatic nitrogens is 2. The van der Waals surface area contributed by atoms with Crippen molar-refractivity contribution in [1.29, 1.82) is 0 Å². The molecular weight excluding hydrogens is 780 g/mol. The molecule has 4 aromatic rings. The van der Waals surface area contributed by atoms with Gasteiger partial charge in [-0.25, -0.2) is 9.59 Å². The van der Waals surface area contributed by atoms with Crippen LogP contribution in [0.4, 0.5) is 0 Å². The van der Waals surface area contributed by atoms with Gasteiger partial charge in [0.25, 0.3) is 0 Å². The molecule has 3 aromatic carbocycles. The van der Waals surface area contributed by atoms with Crippen LogP contribution < -0.4 is 14.2 Å². The molecule has 0 unspecified atom stereocenters. The van der Waals surface area contributed by atoms with Crippen LogP contribution in [-0.4, -0.2) is 93.5 Å². The molecule has 2 heterocycles. The Bertz CT molecular complexity index is 2020. The van der Waals surface area contributed by atoms with Crippen molar-refractivity contribution >= 4 is 29.6 Å². The van der Waals surface area contributed by atoms with Gasteiger partial charge in [0.2, 0.25) is 0 Å². The van der Waals surface area contributed by atoms with Crippen LogP contribution in [-0.2, 0) is 49.9 Å². The number of hydrogen-bond acceptors (Lipinski definition) is 16. The lowest BCUT2D eigenvalue weighted by Gasteiger charge is -2.17. The zero-order valence-electron chi connectivity index (χ0n) is 32.2. The molecule has 312 valence electrons. The molecule has 1 aromatic heterocycles. The van der Waals surface area contributed by atoms with Crippen LogP contribution in [0.1, 0.15) is 65.2 Å². The standard InChI is InChI=1S/C40H47ClN4O13/c1-3-4-14-43-38(34-12-11-32(41)24-37(34)56-26-28-9-5-6-10-33(28)40(47)55-16-8-18-58-45(50)51)31(25-42-43)21-30(39(46)54-15-7-17-57-44(48)49)20-29-23-36-27(13-19-53-36)22-35(29)52-2/h5-6,9-12,21-25,48-51H,3-4,7-8,13-20,26H2,1-2H3/b30-21+. The number of methoxy groups -OCH3 is 1. The minimum absolute atomic E-state index is 0.0263. The summed E-state index contributed by atoms with van der Waals surface area (Å²) >= 11 is 6.52. The van der Waals surface area contributed by atoms with Crippen LogP contribution in [0.25, 0.3) is 17.3 Å². The molecule has 1 aliphatic heterocycles. The van der Waals surface area contributed by atoms with Gasteiger partial charge in [-0.2, -0.15) is 5.10 Å². The normalized spacial score (nSPS) is 12.5. The molecule has 0 saturated heterocycles. The van der Waals surface area contributed by atoms with Crippen LogP contribution in [0.5, 0.6) is 17.2 Å². The molecular formula is C40H47ClN4O13. The lowest BCUT2D eigenvalue weighted by atomic mass is 9.98. The number of nitrogens with zero attached hydrogens (tertiary/aromatic N) is 4. The number of fused-ring (bicyclic) bond motifs is 1. The van der Waals surface area contributed by atoms with E-state index >= 15 is 0 Å². The first-order valence-corrected chi connectivity index (χ1v) is 19.0.